The summed E-state index contributed by atoms with van der Waals surface area (Å²) in [6.45, 7) is 6.98. The van der Waals surface area contributed by atoms with E-state index in [1.165, 1.54) is 0 Å². The van der Waals surface area contributed by atoms with Gasteiger partial charge >= 0.3 is 0 Å². The number of nitrogens with zero attached hydrogens (tertiary/aromatic N) is 5. The van der Waals surface area contributed by atoms with Gasteiger partial charge in [0.25, 0.3) is 0 Å². The molecule has 0 saturated heterocycles. The number of rotatable bonds is 8. The molecule has 0 unspecified atom stereocenters. The molecule has 162 valence electrons. The van der Waals surface area contributed by atoms with Crippen LogP contribution < -0.4 is 19.7 Å². The van der Waals surface area contributed by atoms with Gasteiger partial charge in [0.2, 0.25) is 18.6 Å². The summed E-state index contributed by atoms with van der Waals surface area (Å²) in [7, 11) is 0. The average Bonchev–Trinajstić information content (AvgIpc) is 3.43. The molecular formula is C22H26N6O3. The molecule has 2 aromatic heterocycles. The van der Waals surface area contributed by atoms with Crippen LogP contribution in [0.2, 0.25) is 0 Å². The highest BCUT2D eigenvalue weighted by Gasteiger charge is 2.18. The Morgan fingerprint density at radius 1 is 1.23 bits per heavy atom. The van der Waals surface area contributed by atoms with Gasteiger partial charge in [-0.25, -0.2) is 9.97 Å². The number of ether oxygens (including phenoxy) is 2. The summed E-state index contributed by atoms with van der Waals surface area (Å²) in [5, 5.41) is 3.00. The lowest BCUT2D eigenvalue weighted by Gasteiger charge is -2.27. The molecule has 1 N–H and O–H groups in total. The maximum atomic E-state index is 12.7. The monoisotopic (exact) mass is 422 g/mol. The highest BCUT2D eigenvalue weighted by Crippen LogP contribution is 2.32. The standard InChI is InChI=1S/C22H26N6O3/c1-15(2)28(20-10-16(3)25-22(26-20)27-9-8-23-13-27)12-21(29)24-7-6-17-4-5-18-19(11-17)31-14-30-18/h4-5,8-11,13,15H,6-7,12,14H2,1-3H3,(H,24,29). The number of aryl methyl sites for hydroxylation is 1. The molecule has 0 spiro atoms. The minimum atomic E-state index is -0.0603. The summed E-state index contributed by atoms with van der Waals surface area (Å²) in [5.41, 5.74) is 1.91. The third-order valence-corrected chi connectivity index (χ3v) is 4.97. The summed E-state index contributed by atoms with van der Waals surface area (Å²) in [6, 6.07) is 7.82. The van der Waals surface area contributed by atoms with Crippen molar-refractivity contribution in [2.45, 2.75) is 33.2 Å². The number of anilines is 1. The maximum absolute atomic E-state index is 12.7. The van der Waals surface area contributed by atoms with Crippen molar-refractivity contribution in [1.82, 2.24) is 24.8 Å². The SMILES string of the molecule is Cc1cc(N(CC(=O)NCCc2ccc3c(c2)OCO3)C(C)C)nc(-n2ccnc2)n1. The van der Waals surface area contributed by atoms with Crippen LogP contribution >= 0.6 is 0 Å². The Bertz CT molecular complexity index is 1050. The first-order valence-electron chi connectivity index (χ1n) is 10.3. The fourth-order valence-corrected chi connectivity index (χ4v) is 3.36. The number of hydrogen-bond donors (Lipinski definition) is 1. The average molecular weight is 422 g/mol. The molecule has 0 aliphatic carbocycles. The molecule has 3 aromatic rings. The molecule has 9 heteroatoms. The van der Waals surface area contributed by atoms with Crippen LogP contribution in [-0.2, 0) is 11.2 Å². The third-order valence-electron chi connectivity index (χ3n) is 4.97. The zero-order chi connectivity index (χ0) is 21.8. The smallest absolute Gasteiger partial charge is 0.239 e. The molecule has 1 aliphatic heterocycles. The quantitative estimate of drug-likeness (QED) is 0.595. The van der Waals surface area contributed by atoms with E-state index in [0.717, 1.165) is 22.8 Å². The Balaban J connectivity index is 1.38. The number of nitrogens with one attached hydrogen (secondary N) is 1. The van der Waals surface area contributed by atoms with Gasteiger partial charge in [0.1, 0.15) is 12.1 Å². The predicted octanol–water partition coefficient (Wildman–Crippen LogP) is 2.27. The summed E-state index contributed by atoms with van der Waals surface area (Å²) < 4.78 is 12.5. The van der Waals surface area contributed by atoms with Crippen molar-refractivity contribution in [3.63, 3.8) is 0 Å². The van der Waals surface area contributed by atoms with E-state index in [0.29, 0.717) is 24.7 Å². The fourth-order valence-electron chi connectivity index (χ4n) is 3.36. The van der Waals surface area contributed by atoms with Crippen LogP contribution in [0.25, 0.3) is 5.95 Å². The third kappa shape index (κ3) is 4.93. The van der Waals surface area contributed by atoms with E-state index in [9.17, 15) is 4.79 Å². The van der Waals surface area contributed by atoms with Crippen LogP contribution in [0, 0.1) is 6.92 Å². The maximum Gasteiger partial charge on any atom is 0.239 e. The van der Waals surface area contributed by atoms with Crippen LogP contribution in [0.4, 0.5) is 5.82 Å². The minimum absolute atomic E-state index is 0.0603. The molecule has 0 atom stereocenters. The van der Waals surface area contributed by atoms with Crippen LogP contribution in [0.15, 0.2) is 43.0 Å². The molecule has 0 radical (unpaired) electrons. The molecular weight excluding hydrogens is 396 g/mol. The molecule has 3 heterocycles. The minimum Gasteiger partial charge on any atom is -0.454 e. The first-order chi connectivity index (χ1) is 15.0. The Kier molecular flexibility index (Phi) is 6.01. The normalized spacial score (nSPS) is 12.3. The van der Waals surface area contributed by atoms with Crippen molar-refractivity contribution in [3.05, 3.63) is 54.2 Å². The van der Waals surface area contributed by atoms with Crippen molar-refractivity contribution in [1.29, 1.82) is 0 Å². The van der Waals surface area contributed by atoms with Crippen molar-refractivity contribution in [2.24, 2.45) is 0 Å². The molecule has 1 aromatic carbocycles. The molecule has 31 heavy (non-hydrogen) atoms. The first-order valence-corrected chi connectivity index (χ1v) is 10.3. The number of carbonyl (C=O) groups is 1. The van der Waals surface area contributed by atoms with Crippen LogP contribution in [0.1, 0.15) is 25.1 Å². The van der Waals surface area contributed by atoms with Crippen molar-refractivity contribution < 1.29 is 14.3 Å². The Morgan fingerprint density at radius 3 is 2.84 bits per heavy atom. The van der Waals surface area contributed by atoms with Gasteiger partial charge in [-0.05, 0) is 44.9 Å². The number of imidazole rings is 1. The zero-order valence-electron chi connectivity index (χ0n) is 17.9. The summed E-state index contributed by atoms with van der Waals surface area (Å²) in [5.74, 6) is 2.69. The van der Waals surface area contributed by atoms with E-state index in [2.05, 4.69) is 20.3 Å². The molecule has 1 amide bonds. The van der Waals surface area contributed by atoms with Gasteiger partial charge in [-0.15, -0.1) is 0 Å². The van der Waals surface area contributed by atoms with Crippen molar-refractivity contribution in [3.8, 4) is 17.4 Å². The lowest BCUT2D eigenvalue weighted by molar-refractivity contribution is -0.119. The van der Waals surface area contributed by atoms with Crippen molar-refractivity contribution >= 4 is 11.7 Å². The van der Waals surface area contributed by atoms with E-state index >= 15 is 0 Å². The van der Waals surface area contributed by atoms with Gasteiger partial charge < -0.3 is 19.7 Å². The molecule has 0 saturated carbocycles. The second-order valence-corrected chi connectivity index (χ2v) is 7.65. The Labute approximate surface area is 181 Å². The lowest BCUT2D eigenvalue weighted by atomic mass is 10.1. The number of aromatic nitrogens is 4. The number of carbonyl (C=O) groups excluding carboxylic acids is 1. The summed E-state index contributed by atoms with van der Waals surface area (Å²) >= 11 is 0. The molecule has 0 fully saturated rings. The van der Waals surface area contributed by atoms with Gasteiger partial charge in [-0.2, -0.15) is 4.98 Å². The van der Waals surface area contributed by atoms with Crippen LogP contribution in [-0.4, -0.2) is 51.4 Å². The Morgan fingerprint density at radius 2 is 2.06 bits per heavy atom. The van der Waals surface area contributed by atoms with Crippen LogP contribution in [0.3, 0.4) is 0 Å². The first kappa shape index (κ1) is 20.6. The lowest BCUT2D eigenvalue weighted by Crippen LogP contribution is -2.42. The second-order valence-electron chi connectivity index (χ2n) is 7.65. The molecule has 9 nitrogen and oxygen atoms in total. The zero-order valence-corrected chi connectivity index (χ0v) is 17.9. The van der Waals surface area contributed by atoms with Gasteiger partial charge in [-0.3, -0.25) is 9.36 Å². The van der Waals surface area contributed by atoms with E-state index in [1.807, 2.05) is 49.9 Å². The molecule has 4 rings (SSSR count). The van der Waals surface area contributed by atoms with Gasteiger partial charge in [0, 0.05) is 36.7 Å². The van der Waals surface area contributed by atoms with E-state index in [1.54, 1.807) is 23.3 Å². The number of hydrogen-bond acceptors (Lipinski definition) is 7. The predicted molar refractivity (Wildman–Crippen MR) is 116 cm³/mol. The molecule has 1 aliphatic rings. The van der Waals surface area contributed by atoms with Gasteiger partial charge in [0.05, 0.1) is 6.54 Å². The highest BCUT2D eigenvalue weighted by atomic mass is 16.7. The second kappa shape index (κ2) is 9.03. The van der Waals surface area contributed by atoms with E-state index in [-0.39, 0.29) is 25.3 Å². The number of benzene rings is 1. The van der Waals surface area contributed by atoms with Gasteiger partial charge in [0.15, 0.2) is 11.5 Å². The summed E-state index contributed by atoms with van der Waals surface area (Å²) in [6.07, 6.45) is 5.84. The van der Waals surface area contributed by atoms with Gasteiger partial charge in [-0.1, -0.05) is 6.07 Å². The molecule has 0 bridgehead atoms. The van der Waals surface area contributed by atoms with E-state index < -0.39 is 0 Å². The van der Waals surface area contributed by atoms with E-state index in [4.69, 9.17) is 9.47 Å². The number of amides is 1. The van der Waals surface area contributed by atoms with Crippen molar-refractivity contribution in [2.75, 3.05) is 24.8 Å². The highest BCUT2D eigenvalue weighted by molar-refractivity contribution is 5.81. The topological polar surface area (TPSA) is 94.4 Å². The largest absolute Gasteiger partial charge is 0.454 e. The summed E-state index contributed by atoms with van der Waals surface area (Å²) in [4.78, 5) is 27.8. The number of fused-ring (bicyclic) bond motifs is 1. The Hall–Kier alpha value is -3.62. The fraction of sp³-hybridized carbons (Fsp3) is 0.364. The van der Waals surface area contributed by atoms with Crippen LogP contribution in [0.5, 0.6) is 11.5 Å².